The lowest BCUT2D eigenvalue weighted by Gasteiger charge is -2.06. The third-order valence-electron chi connectivity index (χ3n) is 2.49. The van der Waals surface area contributed by atoms with Gasteiger partial charge in [0.2, 0.25) is 0 Å². The van der Waals surface area contributed by atoms with Crippen LogP contribution in [0.2, 0.25) is 5.02 Å². The summed E-state index contributed by atoms with van der Waals surface area (Å²) in [6.45, 7) is 1.22. The van der Waals surface area contributed by atoms with Crippen LogP contribution in [0.25, 0.3) is 0 Å². The Labute approximate surface area is 122 Å². The maximum Gasteiger partial charge on any atom is 0.120 e. The number of ether oxygens (including phenoxy) is 1. The molecule has 5 heteroatoms. The third kappa shape index (κ3) is 4.61. The van der Waals surface area contributed by atoms with Gasteiger partial charge in [0.1, 0.15) is 12.4 Å². The largest absolute Gasteiger partial charge is 0.492 e. The Kier molecular flexibility index (Phi) is 5.48. The van der Waals surface area contributed by atoms with Crippen LogP contribution in [-0.4, -0.2) is 28.1 Å². The maximum absolute atomic E-state index is 8.68. The van der Waals surface area contributed by atoms with E-state index in [1.807, 2.05) is 24.3 Å². The van der Waals surface area contributed by atoms with Crippen LogP contribution in [-0.2, 0) is 6.54 Å². The first-order valence-electron chi connectivity index (χ1n) is 6.28. The molecule has 0 radical (unpaired) electrons. The van der Waals surface area contributed by atoms with Gasteiger partial charge in [-0.15, -0.1) is 0 Å². The topological polar surface area (TPSA) is 47.3 Å². The summed E-state index contributed by atoms with van der Waals surface area (Å²) in [7, 11) is 0. The number of aromatic nitrogens is 2. The van der Waals surface area contributed by atoms with Gasteiger partial charge in [0, 0.05) is 18.2 Å². The molecular weight excluding hydrogens is 276 g/mol. The van der Waals surface area contributed by atoms with Crippen LogP contribution >= 0.6 is 11.6 Å². The summed E-state index contributed by atoms with van der Waals surface area (Å²) in [6.07, 6.45) is 3.83. The summed E-state index contributed by atoms with van der Waals surface area (Å²) in [5, 5.41) is 13.4. The minimum Gasteiger partial charge on any atom is -0.492 e. The molecule has 0 saturated carbocycles. The van der Waals surface area contributed by atoms with Crippen LogP contribution in [0.3, 0.4) is 0 Å². The number of benzene rings is 1. The Hall–Kier alpha value is -1.96. The number of aliphatic hydroxyl groups excluding tert-OH is 1. The number of aliphatic hydroxyl groups is 1. The van der Waals surface area contributed by atoms with Gasteiger partial charge in [-0.05, 0) is 18.2 Å². The van der Waals surface area contributed by atoms with Crippen molar-refractivity contribution in [3.8, 4) is 17.6 Å². The van der Waals surface area contributed by atoms with E-state index in [0.717, 1.165) is 11.3 Å². The highest BCUT2D eigenvalue weighted by atomic mass is 35.5. The van der Waals surface area contributed by atoms with Gasteiger partial charge in [-0.1, -0.05) is 29.5 Å². The second-order valence-electron chi connectivity index (χ2n) is 4.07. The van der Waals surface area contributed by atoms with Gasteiger partial charge in [-0.2, -0.15) is 5.10 Å². The molecule has 0 spiro atoms. The molecule has 0 bridgehead atoms. The first kappa shape index (κ1) is 14.4. The molecule has 0 atom stereocenters. The third-order valence-corrected chi connectivity index (χ3v) is 2.69. The molecule has 0 saturated heterocycles. The van der Waals surface area contributed by atoms with Gasteiger partial charge in [0.05, 0.1) is 24.4 Å². The first-order valence-corrected chi connectivity index (χ1v) is 6.66. The van der Waals surface area contributed by atoms with Crippen molar-refractivity contribution in [1.82, 2.24) is 9.78 Å². The van der Waals surface area contributed by atoms with Crippen molar-refractivity contribution in [3.05, 3.63) is 47.2 Å². The Morgan fingerprint density at radius 2 is 2.30 bits per heavy atom. The molecule has 2 aromatic rings. The van der Waals surface area contributed by atoms with E-state index in [-0.39, 0.29) is 6.61 Å². The zero-order valence-electron chi connectivity index (χ0n) is 10.9. The van der Waals surface area contributed by atoms with Crippen LogP contribution in [0.1, 0.15) is 12.0 Å². The summed E-state index contributed by atoms with van der Waals surface area (Å²) in [4.78, 5) is 0. The van der Waals surface area contributed by atoms with Crippen molar-refractivity contribution in [2.45, 2.75) is 13.0 Å². The summed E-state index contributed by atoms with van der Waals surface area (Å²) in [6, 6.07) is 7.56. The van der Waals surface area contributed by atoms with Crippen molar-refractivity contribution >= 4 is 11.6 Å². The van der Waals surface area contributed by atoms with Gasteiger partial charge < -0.3 is 9.84 Å². The molecule has 0 aliphatic rings. The molecule has 0 aliphatic carbocycles. The second-order valence-corrected chi connectivity index (χ2v) is 4.51. The molecule has 104 valence electrons. The van der Waals surface area contributed by atoms with Gasteiger partial charge in [0.25, 0.3) is 0 Å². The van der Waals surface area contributed by atoms with Gasteiger partial charge in [-0.3, -0.25) is 4.68 Å². The molecule has 1 heterocycles. The minimum absolute atomic E-state index is 0.0790. The predicted molar refractivity (Wildman–Crippen MR) is 77.8 cm³/mol. The SMILES string of the molecule is OCCC#Cc1cccc(OCCn2cc(Cl)cn2)c1. The normalized spacial score (nSPS) is 9.90. The molecular formula is C15H15ClN2O2. The molecule has 2 rings (SSSR count). The van der Waals surface area contributed by atoms with Crippen LogP contribution in [0.15, 0.2) is 36.7 Å². The Balaban J connectivity index is 1.87. The fraction of sp³-hybridized carbons (Fsp3) is 0.267. The van der Waals surface area contributed by atoms with Crippen molar-refractivity contribution < 1.29 is 9.84 Å². The Bertz CT molecular complexity index is 614. The van der Waals surface area contributed by atoms with E-state index in [1.54, 1.807) is 17.1 Å². The standard InChI is InChI=1S/C15H15ClN2O2/c16-14-11-17-18(12-14)7-9-20-15-6-3-5-13(10-15)4-1-2-8-19/h3,5-6,10-12,19H,2,7-9H2. The van der Waals surface area contributed by atoms with E-state index in [9.17, 15) is 0 Å². The molecule has 0 aliphatic heterocycles. The molecule has 4 nitrogen and oxygen atoms in total. The number of halogens is 1. The number of hydrogen-bond acceptors (Lipinski definition) is 3. The van der Waals surface area contributed by atoms with Crippen LogP contribution in [0.4, 0.5) is 0 Å². The average Bonchev–Trinajstić information content (AvgIpc) is 2.85. The number of nitrogens with zero attached hydrogens (tertiary/aromatic N) is 2. The van der Waals surface area contributed by atoms with Gasteiger partial charge >= 0.3 is 0 Å². The maximum atomic E-state index is 8.68. The fourth-order valence-corrected chi connectivity index (χ4v) is 1.76. The molecule has 0 amide bonds. The lowest BCUT2D eigenvalue weighted by molar-refractivity contribution is 0.291. The fourth-order valence-electron chi connectivity index (χ4n) is 1.60. The summed E-state index contributed by atoms with van der Waals surface area (Å²) in [5.74, 6) is 6.61. The zero-order chi connectivity index (χ0) is 14.2. The summed E-state index contributed by atoms with van der Waals surface area (Å²) in [5.41, 5.74) is 0.873. The first-order chi connectivity index (χ1) is 9.78. The quantitative estimate of drug-likeness (QED) is 0.860. The lowest BCUT2D eigenvalue weighted by Crippen LogP contribution is -2.08. The summed E-state index contributed by atoms with van der Waals surface area (Å²) >= 11 is 5.78. The van der Waals surface area contributed by atoms with E-state index in [2.05, 4.69) is 16.9 Å². The monoisotopic (exact) mass is 290 g/mol. The molecule has 1 aromatic carbocycles. The highest BCUT2D eigenvalue weighted by Gasteiger charge is 1.98. The van der Waals surface area contributed by atoms with Gasteiger partial charge in [0.15, 0.2) is 0 Å². The molecule has 0 fully saturated rings. The predicted octanol–water partition coefficient (Wildman–Crippen LogP) is 2.35. The van der Waals surface area contributed by atoms with Crippen LogP contribution < -0.4 is 4.74 Å². The van der Waals surface area contributed by atoms with E-state index < -0.39 is 0 Å². The molecule has 1 N–H and O–H groups in total. The van der Waals surface area contributed by atoms with Crippen molar-refractivity contribution in [2.75, 3.05) is 13.2 Å². The van der Waals surface area contributed by atoms with E-state index in [1.165, 1.54) is 0 Å². The van der Waals surface area contributed by atoms with Crippen LogP contribution in [0, 0.1) is 11.8 Å². The van der Waals surface area contributed by atoms with Crippen molar-refractivity contribution in [1.29, 1.82) is 0 Å². The Morgan fingerprint density at radius 3 is 3.05 bits per heavy atom. The van der Waals surface area contributed by atoms with E-state index >= 15 is 0 Å². The minimum atomic E-state index is 0.0790. The molecule has 1 aromatic heterocycles. The van der Waals surface area contributed by atoms with Crippen LogP contribution in [0.5, 0.6) is 5.75 Å². The number of hydrogen-bond donors (Lipinski definition) is 1. The smallest absolute Gasteiger partial charge is 0.120 e. The summed E-state index contributed by atoms with van der Waals surface area (Å²) < 4.78 is 7.37. The van der Waals surface area contributed by atoms with E-state index in [0.29, 0.717) is 24.6 Å². The second kappa shape index (κ2) is 7.59. The lowest BCUT2D eigenvalue weighted by atomic mass is 10.2. The highest BCUT2D eigenvalue weighted by Crippen LogP contribution is 2.13. The van der Waals surface area contributed by atoms with Crippen molar-refractivity contribution in [3.63, 3.8) is 0 Å². The number of rotatable bonds is 5. The van der Waals surface area contributed by atoms with Crippen molar-refractivity contribution in [2.24, 2.45) is 0 Å². The average molecular weight is 291 g/mol. The molecule has 20 heavy (non-hydrogen) atoms. The Morgan fingerprint density at radius 1 is 1.40 bits per heavy atom. The van der Waals surface area contributed by atoms with Gasteiger partial charge in [-0.25, -0.2) is 0 Å². The zero-order valence-corrected chi connectivity index (χ0v) is 11.7. The van der Waals surface area contributed by atoms with E-state index in [4.69, 9.17) is 21.4 Å². The highest BCUT2D eigenvalue weighted by molar-refractivity contribution is 6.30. The molecule has 0 unspecified atom stereocenters.